The fourth-order valence-electron chi connectivity index (χ4n) is 0.270. The van der Waals surface area contributed by atoms with Crippen LogP contribution >= 0.6 is 8.17 Å². The van der Waals surface area contributed by atoms with Gasteiger partial charge in [-0.15, -0.1) is 0 Å². The van der Waals surface area contributed by atoms with Crippen LogP contribution in [-0.2, 0) is 4.52 Å². The third-order valence-electron chi connectivity index (χ3n) is 0.613. The van der Waals surface area contributed by atoms with Gasteiger partial charge in [-0.2, -0.15) is 19.2 Å². The maximum absolute atomic E-state index is 8.20. The Morgan fingerprint density at radius 3 is 2.22 bits per heavy atom. The molecular formula is C3H11NO4P+. The molecule has 0 aliphatic rings. The molecule has 5 N–H and O–H groups in total. The molecule has 0 fully saturated rings. The highest BCUT2D eigenvalue weighted by Crippen LogP contribution is 2.45. The van der Waals surface area contributed by atoms with E-state index in [9.17, 15) is 0 Å². The third kappa shape index (κ3) is 8.23. The Balaban J connectivity index is 3.07. The lowest BCUT2D eigenvalue weighted by atomic mass is 10.5. The molecule has 0 bridgehead atoms. The monoisotopic (exact) mass is 156 g/mol. The van der Waals surface area contributed by atoms with Gasteiger partial charge in [-0.3, -0.25) is 0 Å². The highest BCUT2D eigenvalue weighted by molar-refractivity contribution is 7.53. The zero-order valence-electron chi connectivity index (χ0n) is 4.90. The maximum Gasteiger partial charge on any atom is 0.567 e. The number of hydrogen-bond donors (Lipinski definition) is 4. The van der Waals surface area contributed by atoms with Crippen molar-refractivity contribution in [2.24, 2.45) is 5.73 Å². The second kappa shape index (κ2) is 4.11. The van der Waals surface area contributed by atoms with Gasteiger partial charge in [-0.25, -0.2) is 0 Å². The van der Waals surface area contributed by atoms with Crippen LogP contribution < -0.4 is 5.73 Å². The van der Waals surface area contributed by atoms with Gasteiger partial charge in [0.1, 0.15) is 6.61 Å². The molecule has 0 saturated heterocycles. The Morgan fingerprint density at radius 2 is 1.89 bits per heavy atom. The number of rotatable bonds is 4. The summed E-state index contributed by atoms with van der Waals surface area (Å²) in [7, 11) is -4.00. The van der Waals surface area contributed by atoms with Crippen LogP contribution in [0.15, 0.2) is 0 Å². The van der Waals surface area contributed by atoms with Gasteiger partial charge in [0, 0.05) is 0 Å². The second-order valence-corrected chi connectivity index (χ2v) is 2.77. The van der Waals surface area contributed by atoms with Gasteiger partial charge in [-0.05, 0) is 13.0 Å². The van der Waals surface area contributed by atoms with Gasteiger partial charge in [0.2, 0.25) is 0 Å². The van der Waals surface area contributed by atoms with Crippen LogP contribution in [0.4, 0.5) is 0 Å². The molecule has 0 unspecified atom stereocenters. The lowest BCUT2D eigenvalue weighted by Gasteiger charge is -2.00. The molecule has 0 spiro atoms. The maximum atomic E-state index is 8.20. The van der Waals surface area contributed by atoms with Gasteiger partial charge in [-0.1, -0.05) is 0 Å². The van der Waals surface area contributed by atoms with E-state index in [0.29, 0.717) is 13.0 Å². The molecule has 5 nitrogen and oxygen atoms in total. The first-order valence-corrected chi connectivity index (χ1v) is 4.04. The van der Waals surface area contributed by atoms with E-state index in [1.165, 1.54) is 0 Å². The summed E-state index contributed by atoms with van der Waals surface area (Å²) in [5.41, 5.74) is 5.05. The van der Waals surface area contributed by atoms with Crippen molar-refractivity contribution in [3.63, 3.8) is 0 Å². The summed E-state index contributed by atoms with van der Waals surface area (Å²) in [5.74, 6) is 0. The predicted molar refractivity (Wildman–Crippen MR) is 33.2 cm³/mol. The molecule has 0 aromatic rings. The summed E-state index contributed by atoms with van der Waals surface area (Å²) < 4.78 is 4.17. The van der Waals surface area contributed by atoms with E-state index in [0.717, 1.165) is 0 Å². The second-order valence-electron chi connectivity index (χ2n) is 1.49. The quantitative estimate of drug-likeness (QED) is 0.309. The standard InChI is InChI=1S/C3H11NO4P/c4-2-1-3-8-9(5,6)7/h5-7H,1-4H2/q+1. The summed E-state index contributed by atoms with van der Waals surface area (Å²) in [6, 6.07) is 0. The molecule has 0 radical (unpaired) electrons. The third-order valence-corrected chi connectivity index (χ3v) is 1.14. The highest BCUT2D eigenvalue weighted by Gasteiger charge is 2.32. The van der Waals surface area contributed by atoms with Crippen LogP contribution in [0.3, 0.4) is 0 Å². The van der Waals surface area contributed by atoms with Gasteiger partial charge >= 0.3 is 8.17 Å². The van der Waals surface area contributed by atoms with Crippen LogP contribution in [0.1, 0.15) is 6.42 Å². The summed E-state index contributed by atoms with van der Waals surface area (Å²) in [6.45, 7) is 0.480. The van der Waals surface area contributed by atoms with Crippen molar-refractivity contribution in [3.05, 3.63) is 0 Å². The summed E-state index contributed by atoms with van der Waals surface area (Å²) in [4.78, 5) is 24.6. The van der Waals surface area contributed by atoms with Gasteiger partial charge in [0.05, 0.1) is 0 Å². The Labute approximate surface area is 53.7 Å². The minimum atomic E-state index is -4.00. The molecule has 0 atom stereocenters. The van der Waals surface area contributed by atoms with Crippen LogP contribution in [0.2, 0.25) is 0 Å². The molecule has 0 amide bonds. The van der Waals surface area contributed by atoms with E-state index in [-0.39, 0.29) is 6.61 Å². The first-order chi connectivity index (χ1) is 4.06. The van der Waals surface area contributed by atoms with Gasteiger partial charge in [0.25, 0.3) is 0 Å². The fourth-order valence-corrected chi connectivity index (χ4v) is 0.644. The zero-order valence-corrected chi connectivity index (χ0v) is 5.79. The molecule has 0 saturated carbocycles. The molecule has 0 heterocycles. The number of nitrogens with two attached hydrogens (primary N) is 1. The Morgan fingerprint density at radius 1 is 1.33 bits per heavy atom. The molecule has 9 heavy (non-hydrogen) atoms. The minimum Gasteiger partial charge on any atom is -0.330 e. The van der Waals surface area contributed by atoms with Gasteiger partial charge in [0.15, 0.2) is 0 Å². The molecule has 56 valence electrons. The van der Waals surface area contributed by atoms with Crippen molar-refractivity contribution >= 4 is 8.17 Å². The smallest absolute Gasteiger partial charge is 0.330 e. The van der Waals surface area contributed by atoms with Gasteiger partial charge < -0.3 is 5.73 Å². The predicted octanol–water partition coefficient (Wildman–Crippen LogP) is -0.994. The van der Waals surface area contributed by atoms with E-state index in [1.807, 2.05) is 0 Å². The van der Waals surface area contributed by atoms with Crippen LogP contribution in [0.5, 0.6) is 0 Å². The zero-order chi connectivity index (χ0) is 7.33. The van der Waals surface area contributed by atoms with E-state index >= 15 is 0 Å². The molecule has 0 aromatic carbocycles. The highest BCUT2D eigenvalue weighted by atomic mass is 31.2. The molecule has 0 rings (SSSR count). The molecule has 0 aromatic heterocycles. The van der Waals surface area contributed by atoms with Crippen molar-refractivity contribution in [1.82, 2.24) is 0 Å². The van der Waals surface area contributed by atoms with E-state index in [2.05, 4.69) is 4.52 Å². The van der Waals surface area contributed by atoms with Crippen LogP contribution in [0, 0.1) is 0 Å². The van der Waals surface area contributed by atoms with Crippen molar-refractivity contribution in [3.8, 4) is 0 Å². The first-order valence-electron chi connectivity index (χ1n) is 2.48. The average Bonchev–Trinajstić information content (AvgIpc) is 1.63. The summed E-state index contributed by atoms with van der Waals surface area (Å²) in [6.07, 6.45) is 0.503. The molecule has 6 heteroatoms. The molecule has 0 aliphatic carbocycles. The Hall–Kier alpha value is 0.230. The average molecular weight is 156 g/mol. The SMILES string of the molecule is NCCCO[P+](O)(O)O. The topological polar surface area (TPSA) is 95.9 Å². The van der Waals surface area contributed by atoms with Crippen molar-refractivity contribution in [1.29, 1.82) is 0 Å². The van der Waals surface area contributed by atoms with Crippen molar-refractivity contribution < 1.29 is 19.2 Å². The lowest BCUT2D eigenvalue weighted by Crippen LogP contribution is -2.04. The number of hydrogen-bond acceptors (Lipinski definition) is 5. The van der Waals surface area contributed by atoms with Crippen molar-refractivity contribution in [2.45, 2.75) is 6.42 Å². The van der Waals surface area contributed by atoms with Crippen molar-refractivity contribution in [2.75, 3.05) is 13.2 Å². The summed E-state index contributed by atoms with van der Waals surface area (Å²) >= 11 is 0. The normalized spacial score (nSPS) is 12.0. The van der Waals surface area contributed by atoms with Crippen LogP contribution in [-0.4, -0.2) is 27.8 Å². The van der Waals surface area contributed by atoms with E-state index in [1.54, 1.807) is 0 Å². The van der Waals surface area contributed by atoms with E-state index < -0.39 is 8.17 Å². The lowest BCUT2D eigenvalue weighted by molar-refractivity contribution is 0.160. The Bertz CT molecular complexity index is 72.7. The van der Waals surface area contributed by atoms with E-state index in [4.69, 9.17) is 20.4 Å². The fraction of sp³-hybridized carbons (Fsp3) is 1.00. The molecule has 0 aliphatic heterocycles. The summed E-state index contributed by atoms with van der Waals surface area (Å²) in [5, 5.41) is 0. The largest absolute Gasteiger partial charge is 0.567 e. The first kappa shape index (κ1) is 9.23. The molecular weight excluding hydrogens is 145 g/mol. The van der Waals surface area contributed by atoms with Crippen LogP contribution in [0.25, 0.3) is 0 Å². The Kier molecular flexibility index (Phi) is 4.22. The minimum absolute atomic E-state index is 0.0772.